The van der Waals surface area contributed by atoms with E-state index < -0.39 is 12.6 Å². The summed E-state index contributed by atoms with van der Waals surface area (Å²) < 4.78 is 1.72. The minimum Gasteiger partial charge on any atom is -0.193 e. The maximum absolute atomic E-state index is 5.27. The van der Waals surface area contributed by atoms with Crippen molar-refractivity contribution >= 4 is 31.9 Å². The third kappa shape index (κ3) is 2.95. The number of benzene rings is 2. The Balaban J connectivity index is 1.72. The Morgan fingerprint density at radius 1 is 0.600 bits per heavy atom. The minimum absolute atomic E-state index is 0.732. The molecule has 0 amide bonds. The van der Waals surface area contributed by atoms with E-state index in [9.17, 15) is 0 Å². The number of hydrogen-bond donors (Lipinski definition) is 0. The molecule has 4 nitrogen and oxygen atoms in total. The van der Waals surface area contributed by atoms with Crippen molar-refractivity contribution in [3.63, 3.8) is 0 Å². The first-order chi connectivity index (χ1) is 9.75. The lowest BCUT2D eigenvalue weighted by molar-refractivity contribution is -0.600. The van der Waals surface area contributed by atoms with E-state index in [4.69, 9.17) is 19.6 Å². The van der Waals surface area contributed by atoms with Gasteiger partial charge < -0.3 is 0 Å². The summed E-state index contributed by atoms with van der Waals surface area (Å²) in [5.74, 6) is 0. The first-order valence-corrected chi connectivity index (χ1v) is 7.47. The fourth-order valence-electron chi connectivity index (χ4n) is 1.77. The van der Waals surface area contributed by atoms with Crippen molar-refractivity contribution in [2.24, 2.45) is 0 Å². The molecule has 0 saturated carbocycles. The first-order valence-electron chi connectivity index (χ1n) is 5.89. The van der Waals surface area contributed by atoms with Crippen LogP contribution in [0.1, 0.15) is 23.7 Å². The smallest absolute Gasteiger partial charge is 0.193 e. The molecule has 0 unspecified atom stereocenters. The van der Waals surface area contributed by atoms with E-state index >= 15 is 0 Å². The van der Waals surface area contributed by atoms with Gasteiger partial charge in [0.15, 0.2) is 0 Å². The first kappa shape index (κ1) is 14.2. The van der Waals surface area contributed by atoms with Crippen LogP contribution in [-0.4, -0.2) is 0 Å². The van der Waals surface area contributed by atoms with Gasteiger partial charge in [0.2, 0.25) is 0 Å². The average Bonchev–Trinajstić information content (AvgIpc) is 2.49. The van der Waals surface area contributed by atoms with Crippen LogP contribution in [0.5, 0.6) is 0 Å². The van der Waals surface area contributed by atoms with E-state index in [2.05, 4.69) is 31.9 Å². The minimum atomic E-state index is -0.732. The molecule has 20 heavy (non-hydrogen) atoms. The fraction of sp³-hybridized carbons (Fsp3) is 0.143. The normalized spacial score (nSPS) is 22.7. The highest BCUT2D eigenvalue weighted by Gasteiger charge is 2.30. The molecule has 1 saturated heterocycles. The van der Waals surface area contributed by atoms with Crippen LogP contribution in [0.4, 0.5) is 0 Å². The van der Waals surface area contributed by atoms with Crippen molar-refractivity contribution in [2.75, 3.05) is 0 Å². The molecule has 0 N–H and O–H groups in total. The monoisotopic (exact) mass is 400 g/mol. The highest BCUT2D eigenvalue weighted by Crippen LogP contribution is 2.36. The van der Waals surface area contributed by atoms with Crippen LogP contribution in [0.3, 0.4) is 0 Å². The Bertz CT molecular complexity index is 544. The van der Waals surface area contributed by atoms with E-state index in [1.54, 1.807) is 0 Å². The molecule has 3 rings (SSSR count). The van der Waals surface area contributed by atoms with Crippen LogP contribution in [0.25, 0.3) is 0 Å². The molecule has 2 aromatic rings. The van der Waals surface area contributed by atoms with E-state index in [-0.39, 0.29) is 0 Å². The Morgan fingerprint density at radius 3 is 1.30 bits per heavy atom. The standard InChI is InChI=1S/C14H10Br2O4/c15-11-7-3-1-5-9(11)13-17-19-14(20-18-13)10-6-2-4-8-12(10)16/h1-8,13-14H. The van der Waals surface area contributed by atoms with Gasteiger partial charge in [0.05, 0.1) is 0 Å². The number of rotatable bonds is 2. The molecular formula is C14H10Br2O4. The Labute approximate surface area is 132 Å². The van der Waals surface area contributed by atoms with E-state index in [1.807, 2.05) is 48.5 Å². The van der Waals surface area contributed by atoms with Crippen LogP contribution in [0.15, 0.2) is 57.5 Å². The summed E-state index contributed by atoms with van der Waals surface area (Å²) in [5.41, 5.74) is 1.58. The van der Waals surface area contributed by atoms with Crippen molar-refractivity contribution in [1.29, 1.82) is 0 Å². The van der Waals surface area contributed by atoms with Crippen molar-refractivity contribution in [3.05, 3.63) is 68.6 Å². The molecule has 104 valence electrons. The quantitative estimate of drug-likeness (QED) is 0.676. The zero-order valence-electron chi connectivity index (χ0n) is 10.2. The third-order valence-corrected chi connectivity index (χ3v) is 4.22. The van der Waals surface area contributed by atoms with Gasteiger partial charge in [0, 0.05) is 20.1 Å². The molecule has 0 radical (unpaired) electrons. The van der Waals surface area contributed by atoms with Gasteiger partial charge in [0.1, 0.15) is 0 Å². The molecule has 1 aliphatic rings. The van der Waals surface area contributed by atoms with Gasteiger partial charge in [-0.2, -0.15) is 19.6 Å². The summed E-state index contributed by atoms with van der Waals surface area (Å²) in [6, 6.07) is 15.1. The molecule has 0 spiro atoms. The summed E-state index contributed by atoms with van der Waals surface area (Å²) in [4.78, 5) is 21.1. The van der Waals surface area contributed by atoms with Crippen LogP contribution < -0.4 is 0 Å². The number of halogens is 2. The summed E-state index contributed by atoms with van der Waals surface area (Å²) in [7, 11) is 0. The molecule has 0 aromatic heterocycles. The van der Waals surface area contributed by atoms with Crippen LogP contribution >= 0.6 is 31.9 Å². The van der Waals surface area contributed by atoms with Crippen molar-refractivity contribution < 1.29 is 19.6 Å². The zero-order valence-corrected chi connectivity index (χ0v) is 13.3. The maximum Gasteiger partial charge on any atom is 0.250 e. The van der Waals surface area contributed by atoms with E-state index in [0.717, 1.165) is 20.1 Å². The summed E-state index contributed by atoms with van der Waals surface area (Å²) >= 11 is 6.85. The van der Waals surface area contributed by atoms with Crippen molar-refractivity contribution in [2.45, 2.75) is 12.6 Å². The Kier molecular flexibility index (Phi) is 4.50. The summed E-state index contributed by atoms with van der Waals surface area (Å²) in [6.07, 6.45) is -1.46. The second-order valence-electron chi connectivity index (χ2n) is 4.09. The Morgan fingerprint density at radius 2 is 0.950 bits per heavy atom. The second-order valence-corrected chi connectivity index (χ2v) is 5.80. The van der Waals surface area contributed by atoms with Crippen molar-refractivity contribution in [3.8, 4) is 0 Å². The van der Waals surface area contributed by atoms with Crippen LogP contribution in [-0.2, 0) is 19.6 Å². The highest BCUT2D eigenvalue weighted by molar-refractivity contribution is 9.10. The molecule has 6 heteroatoms. The molecule has 0 atom stereocenters. The largest absolute Gasteiger partial charge is 0.250 e. The summed E-state index contributed by atoms with van der Waals surface area (Å²) in [5, 5.41) is 0. The molecule has 1 aliphatic heterocycles. The van der Waals surface area contributed by atoms with Gasteiger partial charge in [-0.05, 0) is 12.1 Å². The average molecular weight is 402 g/mol. The van der Waals surface area contributed by atoms with Crippen LogP contribution in [0, 0.1) is 0 Å². The van der Waals surface area contributed by atoms with E-state index in [0.29, 0.717) is 0 Å². The molecular weight excluding hydrogens is 392 g/mol. The van der Waals surface area contributed by atoms with E-state index in [1.165, 1.54) is 0 Å². The lowest BCUT2D eigenvalue weighted by atomic mass is 10.2. The lowest BCUT2D eigenvalue weighted by Crippen LogP contribution is -2.22. The summed E-state index contributed by atoms with van der Waals surface area (Å²) in [6.45, 7) is 0. The fourth-order valence-corrected chi connectivity index (χ4v) is 2.72. The maximum atomic E-state index is 5.27. The highest BCUT2D eigenvalue weighted by atomic mass is 79.9. The third-order valence-electron chi connectivity index (χ3n) is 2.78. The zero-order chi connectivity index (χ0) is 13.9. The van der Waals surface area contributed by atoms with Crippen LogP contribution in [0.2, 0.25) is 0 Å². The van der Waals surface area contributed by atoms with Gasteiger partial charge in [-0.15, -0.1) is 0 Å². The topological polar surface area (TPSA) is 36.9 Å². The van der Waals surface area contributed by atoms with Gasteiger partial charge in [-0.1, -0.05) is 68.3 Å². The molecule has 2 aromatic carbocycles. The van der Waals surface area contributed by atoms with Gasteiger partial charge >= 0.3 is 0 Å². The predicted octanol–water partition coefficient (Wildman–Crippen LogP) is 4.82. The predicted molar refractivity (Wildman–Crippen MR) is 78.1 cm³/mol. The number of hydrogen-bond acceptors (Lipinski definition) is 4. The van der Waals surface area contributed by atoms with Crippen molar-refractivity contribution in [1.82, 2.24) is 0 Å². The molecule has 1 fully saturated rings. The Hall–Kier alpha value is -0.760. The SMILES string of the molecule is Brc1ccccc1C1OOC(c2ccccc2Br)OO1. The van der Waals surface area contributed by atoms with Gasteiger partial charge in [-0.3, -0.25) is 0 Å². The molecule has 0 bridgehead atoms. The molecule has 0 aliphatic carbocycles. The van der Waals surface area contributed by atoms with Gasteiger partial charge in [-0.25, -0.2) is 0 Å². The van der Waals surface area contributed by atoms with Gasteiger partial charge in [0.25, 0.3) is 12.6 Å². The second kappa shape index (κ2) is 6.34. The lowest BCUT2D eigenvalue weighted by Gasteiger charge is -2.27. The molecule has 1 heterocycles.